The Morgan fingerprint density at radius 3 is 2.47 bits per heavy atom. The minimum atomic E-state index is -0.598. The third-order valence-corrected chi connectivity index (χ3v) is 2.98. The van der Waals surface area contributed by atoms with Crippen LogP contribution in [0.25, 0.3) is 11.1 Å². The Morgan fingerprint density at radius 2 is 1.89 bits per heavy atom. The van der Waals surface area contributed by atoms with E-state index in [1.807, 2.05) is 0 Å². The molecule has 98 valence electrons. The highest BCUT2D eigenvalue weighted by Crippen LogP contribution is 2.31. The summed E-state index contributed by atoms with van der Waals surface area (Å²) in [5.74, 6) is -0.598. The lowest BCUT2D eigenvalue weighted by Gasteiger charge is -2.11. The van der Waals surface area contributed by atoms with Gasteiger partial charge in [-0.3, -0.25) is 0 Å². The van der Waals surface area contributed by atoms with Gasteiger partial charge in [-0.05, 0) is 23.8 Å². The zero-order chi connectivity index (χ0) is 14.0. The van der Waals surface area contributed by atoms with Crippen molar-refractivity contribution in [3.63, 3.8) is 0 Å². The number of esters is 1. The number of aromatic nitrogens is 1. The Hall–Kier alpha value is -1.78. The summed E-state index contributed by atoms with van der Waals surface area (Å²) in [4.78, 5) is 15.7. The maximum Gasteiger partial charge on any atom is 0.357 e. The molecule has 2 aromatic rings. The number of methoxy groups -OCH3 is 1. The number of hydrogen-bond donors (Lipinski definition) is 1. The van der Waals surface area contributed by atoms with E-state index >= 15 is 0 Å². The highest BCUT2D eigenvalue weighted by atomic mass is 35.5. The fraction of sp³-hybridized carbons (Fsp3) is 0.0769. The van der Waals surface area contributed by atoms with Gasteiger partial charge in [0.2, 0.25) is 0 Å². The van der Waals surface area contributed by atoms with Crippen LogP contribution in [0.3, 0.4) is 0 Å². The Bertz CT molecular complexity index is 627. The molecule has 19 heavy (non-hydrogen) atoms. The van der Waals surface area contributed by atoms with Crippen molar-refractivity contribution in [2.45, 2.75) is 0 Å². The van der Waals surface area contributed by atoms with E-state index in [4.69, 9.17) is 33.7 Å². The monoisotopic (exact) mass is 296 g/mol. The molecule has 1 aromatic heterocycles. The lowest BCUT2D eigenvalue weighted by molar-refractivity contribution is 0.0595. The van der Waals surface area contributed by atoms with Crippen LogP contribution in [0.2, 0.25) is 10.2 Å². The summed E-state index contributed by atoms with van der Waals surface area (Å²) in [5.41, 5.74) is 7.54. The number of nitrogen functional groups attached to an aromatic ring is 1. The maximum absolute atomic E-state index is 11.8. The topological polar surface area (TPSA) is 65.2 Å². The van der Waals surface area contributed by atoms with E-state index < -0.39 is 5.97 Å². The average molecular weight is 297 g/mol. The molecule has 1 heterocycles. The number of carbonyl (C=O) groups excluding carboxylic acids is 1. The quantitative estimate of drug-likeness (QED) is 0.681. The van der Waals surface area contributed by atoms with Gasteiger partial charge >= 0.3 is 5.97 Å². The lowest BCUT2D eigenvalue weighted by atomic mass is 10.0. The molecule has 0 saturated heterocycles. The Labute approximate surface area is 120 Å². The summed E-state index contributed by atoms with van der Waals surface area (Å²) in [6.07, 6.45) is 0. The normalized spacial score (nSPS) is 10.3. The van der Waals surface area contributed by atoms with Gasteiger partial charge in [-0.15, -0.1) is 0 Å². The SMILES string of the molecule is COC(=O)c1nc(Cl)cc(N)c1-c1ccc(Cl)cc1. The zero-order valence-electron chi connectivity index (χ0n) is 9.98. The van der Waals surface area contributed by atoms with Gasteiger partial charge in [0.15, 0.2) is 5.69 Å². The van der Waals surface area contributed by atoms with E-state index in [0.717, 1.165) is 0 Å². The van der Waals surface area contributed by atoms with Crippen molar-refractivity contribution in [2.24, 2.45) is 0 Å². The maximum atomic E-state index is 11.8. The summed E-state index contributed by atoms with van der Waals surface area (Å²) in [6.45, 7) is 0. The van der Waals surface area contributed by atoms with Crippen molar-refractivity contribution in [3.05, 3.63) is 46.2 Å². The second-order valence-electron chi connectivity index (χ2n) is 3.76. The highest BCUT2D eigenvalue weighted by molar-refractivity contribution is 6.31. The first-order chi connectivity index (χ1) is 9.02. The molecule has 6 heteroatoms. The first kappa shape index (κ1) is 13.6. The summed E-state index contributed by atoms with van der Waals surface area (Å²) < 4.78 is 4.69. The first-order valence-corrected chi connectivity index (χ1v) is 6.08. The molecule has 2 N–H and O–H groups in total. The molecule has 0 amide bonds. The van der Waals surface area contributed by atoms with Crippen molar-refractivity contribution < 1.29 is 9.53 Å². The van der Waals surface area contributed by atoms with Gasteiger partial charge in [-0.25, -0.2) is 9.78 Å². The van der Waals surface area contributed by atoms with Crippen LogP contribution in [0.4, 0.5) is 5.69 Å². The van der Waals surface area contributed by atoms with E-state index in [0.29, 0.717) is 21.8 Å². The minimum Gasteiger partial charge on any atom is -0.464 e. The van der Waals surface area contributed by atoms with Gasteiger partial charge in [-0.1, -0.05) is 35.3 Å². The number of pyridine rings is 1. The molecule has 0 spiro atoms. The number of rotatable bonds is 2. The van der Waals surface area contributed by atoms with Crippen LogP contribution in [0.15, 0.2) is 30.3 Å². The first-order valence-electron chi connectivity index (χ1n) is 5.33. The van der Waals surface area contributed by atoms with E-state index in [-0.39, 0.29) is 10.8 Å². The molecule has 0 atom stereocenters. The van der Waals surface area contributed by atoms with Gasteiger partial charge in [0.1, 0.15) is 5.15 Å². The fourth-order valence-corrected chi connectivity index (χ4v) is 2.02. The zero-order valence-corrected chi connectivity index (χ0v) is 11.5. The molecule has 0 radical (unpaired) electrons. The molecular weight excluding hydrogens is 287 g/mol. The van der Waals surface area contributed by atoms with Crippen LogP contribution in [0, 0.1) is 0 Å². The van der Waals surface area contributed by atoms with Gasteiger partial charge in [0.25, 0.3) is 0 Å². The molecule has 0 unspecified atom stereocenters. The second-order valence-corrected chi connectivity index (χ2v) is 4.58. The Kier molecular flexibility index (Phi) is 3.93. The van der Waals surface area contributed by atoms with E-state index in [2.05, 4.69) is 4.98 Å². The molecular formula is C13H10Cl2N2O2. The van der Waals surface area contributed by atoms with Crippen molar-refractivity contribution in [3.8, 4) is 11.1 Å². The Morgan fingerprint density at radius 1 is 1.26 bits per heavy atom. The molecule has 4 nitrogen and oxygen atoms in total. The molecule has 2 rings (SSSR count). The van der Waals surface area contributed by atoms with Crippen molar-refractivity contribution in [2.75, 3.05) is 12.8 Å². The number of carbonyl (C=O) groups is 1. The third kappa shape index (κ3) is 2.80. The summed E-state index contributed by atoms with van der Waals surface area (Å²) in [5, 5.41) is 0.722. The number of halogens is 2. The van der Waals surface area contributed by atoms with Crippen LogP contribution >= 0.6 is 23.2 Å². The standard InChI is InChI=1S/C13H10Cl2N2O2/c1-19-13(18)12-11(9(16)6-10(15)17-12)7-2-4-8(14)5-3-7/h2-6H,1H3,(H2,16,17). The van der Waals surface area contributed by atoms with Gasteiger partial charge < -0.3 is 10.5 Å². The molecule has 1 aromatic carbocycles. The number of benzene rings is 1. The fourth-order valence-electron chi connectivity index (χ4n) is 1.70. The number of anilines is 1. The number of nitrogens with two attached hydrogens (primary N) is 1. The minimum absolute atomic E-state index is 0.0785. The van der Waals surface area contributed by atoms with E-state index in [9.17, 15) is 4.79 Å². The number of ether oxygens (including phenoxy) is 1. The summed E-state index contributed by atoms with van der Waals surface area (Å²) in [6, 6.07) is 8.38. The predicted octanol–water partition coefficient (Wildman–Crippen LogP) is 3.42. The number of hydrogen-bond acceptors (Lipinski definition) is 4. The third-order valence-electron chi connectivity index (χ3n) is 2.53. The average Bonchev–Trinajstić information content (AvgIpc) is 2.38. The van der Waals surface area contributed by atoms with Crippen molar-refractivity contribution >= 4 is 34.9 Å². The van der Waals surface area contributed by atoms with Crippen LogP contribution in [0.5, 0.6) is 0 Å². The van der Waals surface area contributed by atoms with E-state index in [1.165, 1.54) is 13.2 Å². The van der Waals surface area contributed by atoms with Gasteiger partial charge in [0.05, 0.1) is 7.11 Å². The molecule has 0 aliphatic rings. The summed E-state index contributed by atoms with van der Waals surface area (Å²) in [7, 11) is 1.27. The van der Waals surface area contributed by atoms with Crippen molar-refractivity contribution in [1.82, 2.24) is 4.98 Å². The van der Waals surface area contributed by atoms with Crippen molar-refractivity contribution in [1.29, 1.82) is 0 Å². The number of nitrogens with zero attached hydrogens (tertiary/aromatic N) is 1. The largest absolute Gasteiger partial charge is 0.464 e. The molecule has 0 aliphatic heterocycles. The van der Waals surface area contributed by atoms with E-state index in [1.54, 1.807) is 24.3 Å². The summed E-state index contributed by atoms with van der Waals surface area (Å²) >= 11 is 11.6. The molecule has 0 saturated carbocycles. The smallest absolute Gasteiger partial charge is 0.357 e. The Balaban J connectivity index is 2.67. The van der Waals surface area contributed by atoms with Crippen LogP contribution in [-0.2, 0) is 4.74 Å². The molecule has 0 aliphatic carbocycles. The second kappa shape index (κ2) is 5.47. The molecule has 0 fully saturated rings. The van der Waals surface area contributed by atoms with Crippen LogP contribution in [0.1, 0.15) is 10.5 Å². The van der Waals surface area contributed by atoms with Crippen LogP contribution in [-0.4, -0.2) is 18.1 Å². The highest BCUT2D eigenvalue weighted by Gasteiger charge is 2.19. The van der Waals surface area contributed by atoms with Crippen LogP contribution < -0.4 is 5.73 Å². The lowest BCUT2D eigenvalue weighted by Crippen LogP contribution is -2.09. The van der Waals surface area contributed by atoms with Gasteiger partial charge in [0, 0.05) is 16.3 Å². The predicted molar refractivity (Wildman–Crippen MR) is 75.4 cm³/mol. The van der Waals surface area contributed by atoms with Gasteiger partial charge in [-0.2, -0.15) is 0 Å². The molecule has 0 bridgehead atoms.